The summed E-state index contributed by atoms with van der Waals surface area (Å²) in [6, 6.07) is 15.9. The van der Waals surface area contributed by atoms with Crippen LogP contribution in [0.1, 0.15) is 60.4 Å². The number of carbonyl (C=O) groups is 3. The van der Waals surface area contributed by atoms with E-state index >= 15 is 0 Å². The van der Waals surface area contributed by atoms with E-state index in [9.17, 15) is 27.6 Å². The number of alkyl halides is 3. The molecule has 0 radical (unpaired) electrons. The summed E-state index contributed by atoms with van der Waals surface area (Å²) in [4.78, 5) is 41.8. The third kappa shape index (κ3) is 7.85. The maximum atomic E-state index is 13.9. The highest BCUT2D eigenvalue weighted by molar-refractivity contribution is 6.46. The minimum absolute atomic E-state index is 0.136. The Morgan fingerprint density at radius 3 is 2.24 bits per heavy atom. The second-order valence-electron chi connectivity index (χ2n) is 10.1. The van der Waals surface area contributed by atoms with E-state index in [4.69, 9.17) is 11.6 Å². The van der Waals surface area contributed by atoms with Crippen molar-refractivity contribution in [2.45, 2.75) is 57.3 Å². The minimum atomic E-state index is -4.70. The molecule has 1 aliphatic carbocycles. The number of aryl methyl sites for hydroxylation is 1. The van der Waals surface area contributed by atoms with Crippen LogP contribution in [0.2, 0.25) is 5.02 Å². The number of ketones is 1. The number of nitrogens with one attached hydrogen (secondary N) is 1. The molecule has 1 unspecified atom stereocenters. The number of hydrogen-bond acceptors (Lipinski definition) is 3. The molecule has 5 nitrogen and oxygen atoms in total. The fraction of sp³-hybridized carbons (Fsp3) is 0.281. The van der Waals surface area contributed by atoms with Crippen molar-refractivity contribution in [2.24, 2.45) is 0 Å². The van der Waals surface area contributed by atoms with E-state index in [0.717, 1.165) is 66.8 Å². The predicted molar refractivity (Wildman–Crippen MR) is 153 cm³/mol. The minimum Gasteiger partial charge on any atom is -0.351 e. The molecule has 0 aliphatic heterocycles. The molecule has 4 rings (SSSR count). The number of halogens is 4. The average molecular weight is 583 g/mol. The van der Waals surface area contributed by atoms with Crippen LogP contribution in [-0.2, 0) is 20.6 Å². The molecule has 1 fully saturated rings. The lowest BCUT2D eigenvalue weighted by Gasteiger charge is -2.33. The summed E-state index contributed by atoms with van der Waals surface area (Å²) in [5.74, 6) is -2.71. The lowest BCUT2D eigenvalue weighted by Crippen LogP contribution is -2.49. The Balaban J connectivity index is 1.79. The number of hydrogen-bond donors (Lipinski definition) is 1. The van der Waals surface area contributed by atoms with Crippen LogP contribution in [0.25, 0.3) is 6.08 Å². The van der Waals surface area contributed by atoms with Crippen LogP contribution in [0.3, 0.4) is 0 Å². The van der Waals surface area contributed by atoms with Gasteiger partial charge < -0.3 is 5.32 Å². The summed E-state index contributed by atoms with van der Waals surface area (Å²) in [6.07, 6.45) is 2.18. The number of amides is 2. The van der Waals surface area contributed by atoms with Gasteiger partial charge in [0.2, 0.25) is 11.7 Å². The highest BCUT2D eigenvalue weighted by Crippen LogP contribution is 2.35. The van der Waals surface area contributed by atoms with Crippen LogP contribution < -0.4 is 10.2 Å². The van der Waals surface area contributed by atoms with Gasteiger partial charge in [0.1, 0.15) is 6.04 Å². The van der Waals surface area contributed by atoms with Crippen LogP contribution in [0.4, 0.5) is 18.9 Å². The second kappa shape index (κ2) is 13.2. The predicted octanol–water partition coefficient (Wildman–Crippen LogP) is 7.47. The molecule has 0 aromatic heterocycles. The van der Waals surface area contributed by atoms with E-state index in [-0.39, 0.29) is 11.7 Å². The molecule has 1 atom stereocenters. The summed E-state index contributed by atoms with van der Waals surface area (Å²) in [5.41, 5.74) is 0.615. The second-order valence-corrected chi connectivity index (χ2v) is 10.6. The summed E-state index contributed by atoms with van der Waals surface area (Å²) in [6.45, 7) is 1.85. The largest absolute Gasteiger partial charge is 0.416 e. The molecule has 3 aromatic rings. The Morgan fingerprint density at radius 1 is 0.951 bits per heavy atom. The van der Waals surface area contributed by atoms with Crippen molar-refractivity contribution in [1.29, 1.82) is 0 Å². The number of carbonyl (C=O) groups excluding carboxylic acids is 3. The van der Waals surface area contributed by atoms with Crippen LogP contribution in [0, 0.1) is 6.92 Å². The molecule has 1 saturated carbocycles. The van der Waals surface area contributed by atoms with Gasteiger partial charge in [-0.3, -0.25) is 19.3 Å². The SMILES string of the molecule is Cc1ccc(C(C(=O)NC2CCCCC2)N(C(=O)C(=O)/C=C/c2ccc(Cl)cc2)c2cccc(C(F)(F)F)c2)cc1. The highest BCUT2D eigenvalue weighted by Gasteiger charge is 2.38. The molecule has 0 heterocycles. The Hall–Kier alpha value is -3.91. The van der Waals surface area contributed by atoms with Gasteiger partial charge >= 0.3 is 6.18 Å². The molecule has 2 amide bonds. The first-order valence-electron chi connectivity index (χ1n) is 13.4. The Morgan fingerprint density at radius 2 is 1.61 bits per heavy atom. The Bertz CT molecular complexity index is 1410. The molecule has 41 heavy (non-hydrogen) atoms. The van der Waals surface area contributed by atoms with Gasteiger partial charge in [0.05, 0.1) is 5.56 Å². The molecule has 0 spiro atoms. The fourth-order valence-corrected chi connectivity index (χ4v) is 4.97. The van der Waals surface area contributed by atoms with Crippen LogP contribution in [0.15, 0.2) is 78.9 Å². The first kappa shape index (κ1) is 30.1. The molecule has 0 saturated heterocycles. The van der Waals surface area contributed by atoms with Gasteiger partial charge in [-0.05, 0) is 67.3 Å². The van der Waals surface area contributed by atoms with Crippen molar-refractivity contribution in [3.05, 3.63) is 106 Å². The standard InChI is InChI=1S/C32H30ClF3N2O3/c1-21-10-15-23(16-11-21)29(30(40)37-26-7-3-2-4-8-26)38(27-9-5-6-24(20-27)32(34,35)36)31(41)28(39)19-14-22-12-17-25(33)18-13-22/h5-6,9-20,26,29H,2-4,7-8H2,1H3,(H,37,40)/b19-14+. The molecule has 1 N–H and O–H groups in total. The summed E-state index contributed by atoms with van der Waals surface area (Å²) < 4.78 is 41.1. The molecule has 1 aliphatic rings. The maximum Gasteiger partial charge on any atom is 0.416 e. The molecular weight excluding hydrogens is 553 g/mol. The first-order valence-corrected chi connectivity index (χ1v) is 13.8. The van der Waals surface area contributed by atoms with Crippen molar-refractivity contribution >= 4 is 41.0 Å². The molecular formula is C32H30ClF3N2O3. The van der Waals surface area contributed by atoms with Gasteiger partial charge in [-0.2, -0.15) is 13.2 Å². The maximum absolute atomic E-state index is 13.9. The van der Waals surface area contributed by atoms with Gasteiger partial charge in [-0.25, -0.2) is 0 Å². The summed E-state index contributed by atoms with van der Waals surface area (Å²) >= 11 is 5.91. The number of rotatable bonds is 8. The van der Waals surface area contributed by atoms with Gasteiger partial charge in [-0.1, -0.05) is 85.0 Å². The zero-order valence-corrected chi connectivity index (χ0v) is 23.2. The van der Waals surface area contributed by atoms with Crippen LogP contribution in [-0.4, -0.2) is 23.6 Å². The van der Waals surface area contributed by atoms with Crippen molar-refractivity contribution in [1.82, 2.24) is 5.32 Å². The van der Waals surface area contributed by atoms with E-state index in [2.05, 4.69) is 5.32 Å². The Kier molecular flexibility index (Phi) is 9.65. The molecule has 214 valence electrons. The van der Waals surface area contributed by atoms with Crippen LogP contribution in [0.5, 0.6) is 0 Å². The van der Waals surface area contributed by atoms with Gasteiger partial charge in [-0.15, -0.1) is 0 Å². The van der Waals surface area contributed by atoms with E-state index in [0.29, 0.717) is 16.1 Å². The average Bonchev–Trinajstić information content (AvgIpc) is 2.96. The summed E-state index contributed by atoms with van der Waals surface area (Å²) in [5, 5.41) is 3.48. The van der Waals surface area contributed by atoms with Crippen molar-refractivity contribution in [3.63, 3.8) is 0 Å². The molecule has 9 heteroatoms. The first-order chi connectivity index (χ1) is 19.5. The van der Waals surface area contributed by atoms with Crippen molar-refractivity contribution in [2.75, 3.05) is 4.90 Å². The van der Waals surface area contributed by atoms with Crippen molar-refractivity contribution < 1.29 is 27.6 Å². The van der Waals surface area contributed by atoms with Crippen LogP contribution >= 0.6 is 11.6 Å². The normalized spacial score (nSPS) is 15.0. The lowest BCUT2D eigenvalue weighted by molar-refractivity contribution is -0.137. The molecule has 3 aromatic carbocycles. The lowest BCUT2D eigenvalue weighted by atomic mass is 9.94. The number of anilines is 1. The van der Waals surface area contributed by atoms with E-state index in [1.807, 2.05) is 6.92 Å². The zero-order valence-electron chi connectivity index (χ0n) is 22.5. The quantitative estimate of drug-likeness (QED) is 0.221. The van der Waals surface area contributed by atoms with E-state index in [1.165, 1.54) is 12.1 Å². The summed E-state index contributed by atoms with van der Waals surface area (Å²) in [7, 11) is 0. The monoisotopic (exact) mass is 582 g/mol. The van der Waals surface area contributed by atoms with E-state index < -0.39 is 35.4 Å². The third-order valence-corrected chi connectivity index (χ3v) is 7.28. The zero-order chi connectivity index (χ0) is 29.6. The number of nitrogens with zero attached hydrogens (tertiary/aromatic N) is 1. The van der Waals surface area contributed by atoms with Gasteiger partial charge in [0.15, 0.2) is 0 Å². The Labute approximate surface area is 242 Å². The highest BCUT2D eigenvalue weighted by atomic mass is 35.5. The smallest absolute Gasteiger partial charge is 0.351 e. The van der Waals surface area contributed by atoms with Gasteiger partial charge in [0.25, 0.3) is 5.91 Å². The van der Waals surface area contributed by atoms with Crippen molar-refractivity contribution in [3.8, 4) is 0 Å². The van der Waals surface area contributed by atoms with Gasteiger partial charge in [0, 0.05) is 16.8 Å². The molecule has 0 bridgehead atoms. The fourth-order valence-electron chi connectivity index (χ4n) is 4.84. The number of benzene rings is 3. The third-order valence-electron chi connectivity index (χ3n) is 7.03. The van der Waals surface area contributed by atoms with E-state index in [1.54, 1.807) is 48.5 Å². The topological polar surface area (TPSA) is 66.5 Å².